The van der Waals surface area contributed by atoms with E-state index in [1.807, 2.05) is 0 Å². The minimum atomic E-state index is 0.373. The molecule has 0 spiro atoms. The predicted molar refractivity (Wildman–Crippen MR) is 86.5 cm³/mol. The van der Waals surface area contributed by atoms with Gasteiger partial charge in [0, 0.05) is 4.47 Å². The van der Waals surface area contributed by atoms with Gasteiger partial charge in [-0.3, -0.25) is 0 Å². The third kappa shape index (κ3) is 3.70. The molecule has 1 aliphatic carbocycles. The van der Waals surface area contributed by atoms with Crippen molar-refractivity contribution in [2.45, 2.75) is 52.0 Å². The SMILES string of the molecule is CCNC(C1=CCCCCC1)c1cccc(C)c1Br. The number of hydrogen-bond acceptors (Lipinski definition) is 1. The minimum absolute atomic E-state index is 0.373. The molecule has 1 aliphatic rings. The van der Waals surface area contributed by atoms with E-state index in [9.17, 15) is 0 Å². The molecule has 104 valence electrons. The molecule has 1 atom stereocenters. The van der Waals surface area contributed by atoms with Gasteiger partial charge in [0.2, 0.25) is 0 Å². The van der Waals surface area contributed by atoms with E-state index in [2.05, 4.69) is 59.4 Å². The fraction of sp³-hybridized carbons (Fsp3) is 0.529. The lowest BCUT2D eigenvalue weighted by Gasteiger charge is -2.23. The van der Waals surface area contributed by atoms with Crippen LogP contribution in [0.15, 0.2) is 34.3 Å². The third-order valence-electron chi connectivity index (χ3n) is 3.89. The highest BCUT2D eigenvalue weighted by Gasteiger charge is 2.19. The molecule has 1 unspecified atom stereocenters. The van der Waals surface area contributed by atoms with E-state index >= 15 is 0 Å². The van der Waals surface area contributed by atoms with Crippen molar-refractivity contribution >= 4 is 15.9 Å². The molecule has 1 nitrogen and oxygen atoms in total. The summed E-state index contributed by atoms with van der Waals surface area (Å²) in [5.41, 5.74) is 4.27. The van der Waals surface area contributed by atoms with Gasteiger partial charge in [0.25, 0.3) is 0 Å². The second-order valence-corrected chi connectivity index (χ2v) is 6.14. The Kier molecular flexibility index (Phi) is 5.65. The fourth-order valence-electron chi connectivity index (χ4n) is 2.84. The molecule has 0 amide bonds. The van der Waals surface area contributed by atoms with E-state index in [4.69, 9.17) is 0 Å². The standard InChI is InChI=1S/C17H24BrN/c1-3-19-17(14-10-6-4-5-7-11-14)15-12-8-9-13(2)16(15)18/h8-10,12,17,19H,3-7,11H2,1-2H3. The number of hydrogen-bond donors (Lipinski definition) is 1. The Morgan fingerprint density at radius 2 is 2.11 bits per heavy atom. The molecule has 0 heterocycles. The lowest BCUT2D eigenvalue weighted by molar-refractivity contribution is 0.587. The van der Waals surface area contributed by atoms with Crippen molar-refractivity contribution in [2.75, 3.05) is 6.54 Å². The molecule has 0 aromatic heterocycles. The van der Waals surface area contributed by atoms with Gasteiger partial charge in [-0.15, -0.1) is 0 Å². The second-order valence-electron chi connectivity index (χ2n) is 5.35. The van der Waals surface area contributed by atoms with Gasteiger partial charge in [0.1, 0.15) is 0 Å². The zero-order chi connectivity index (χ0) is 13.7. The van der Waals surface area contributed by atoms with E-state index in [1.54, 1.807) is 5.57 Å². The Morgan fingerprint density at radius 3 is 2.89 bits per heavy atom. The molecule has 0 aliphatic heterocycles. The van der Waals surface area contributed by atoms with Crippen LogP contribution in [0.25, 0.3) is 0 Å². The molecule has 19 heavy (non-hydrogen) atoms. The zero-order valence-electron chi connectivity index (χ0n) is 12.0. The molecule has 2 heteroatoms. The summed E-state index contributed by atoms with van der Waals surface area (Å²) in [4.78, 5) is 0. The summed E-state index contributed by atoms with van der Waals surface area (Å²) < 4.78 is 1.26. The van der Waals surface area contributed by atoms with Crippen LogP contribution in [0.5, 0.6) is 0 Å². The summed E-state index contributed by atoms with van der Waals surface area (Å²) in [5.74, 6) is 0. The Bertz CT molecular complexity index is 451. The number of benzene rings is 1. The van der Waals surface area contributed by atoms with Gasteiger partial charge < -0.3 is 5.32 Å². The van der Waals surface area contributed by atoms with E-state index in [0.717, 1.165) is 6.54 Å². The summed E-state index contributed by atoms with van der Waals surface area (Å²) in [6.07, 6.45) is 8.98. The van der Waals surface area contributed by atoms with Crippen molar-refractivity contribution in [3.63, 3.8) is 0 Å². The number of rotatable bonds is 4. The molecule has 0 radical (unpaired) electrons. The van der Waals surface area contributed by atoms with Crippen molar-refractivity contribution in [1.29, 1.82) is 0 Å². The van der Waals surface area contributed by atoms with Crippen LogP contribution in [0, 0.1) is 6.92 Å². The highest BCUT2D eigenvalue weighted by Crippen LogP contribution is 2.34. The number of nitrogens with one attached hydrogen (secondary N) is 1. The summed E-state index contributed by atoms with van der Waals surface area (Å²) >= 11 is 3.77. The summed E-state index contributed by atoms with van der Waals surface area (Å²) in [7, 11) is 0. The van der Waals surface area contributed by atoms with E-state index < -0.39 is 0 Å². The van der Waals surface area contributed by atoms with Gasteiger partial charge in [-0.1, -0.05) is 59.1 Å². The third-order valence-corrected chi connectivity index (χ3v) is 4.97. The first-order valence-corrected chi connectivity index (χ1v) is 8.20. The van der Waals surface area contributed by atoms with Crippen LogP contribution in [-0.4, -0.2) is 6.54 Å². The maximum Gasteiger partial charge on any atom is 0.0547 e. The first-order valence-electron chi connectivity index (χ1n) is 7.41. The molecular formula is C17H24BrN. The van der Waals surface area contributed by atoms with Gasteiger partial charge in [0.05, 0.1) is 6.04 Å². The maximum absolute atomic E-state index is 3.77. The first kappa shape index (κ1) is 14.8. The highest BCUT2D eigenvalue weighted by molar-refractivity contribution is 9.10. The monoisotopic (exact) mass is 321 g/mol. The molecule has 0 bridgehead atoms. The Hall–Kier alpha value is -0.600. The van der Waals surface area contributed by atoms with Crippen LogP contribution in [0.1, 0.15) is 56.2 Å². The average Bonchev–Trinajstić information content (AvgIpc) is 2.68. The van der Waals surface area contributed by atoms with Crippen molar-refractivity contribution in [3.8, 4) is 0 Å². The van der Waals surface area contributed by atoms with Crippen molar-refractivity contribution in [3.05, 3.63) is 45.4 Å². The summed E-state index contributed by atoms with van der Waals surface area (Å²) in [5, 5.41) is 3.67. The lowest BCUT2D eigenvalue weighted by atomic mass is 9.94. The number of aryl methyl sites for hydroxylation is 1. The Balaban J connectivity index is 2.33. The number of allylic oxidation sites excluding steroid dienone is 1. The Morgan fingerprint density at radius 1 is 1.26 bits per heavy atom. The molecule has 1 aromatic rings. The molecule has 0 saturated carbocycles. The van der Waals surface area contributed by atoms with Crippen molar-refractivity contribution < 1.29 is 0 Å². The van der Waals surface area contributed by atoms with Gasteiger partial charge >= 0.3 is 0 Å². The largest absolute Gasteiger partial charge is 0.307 e. The van der Waals surface area contributed by atoms with Crippen molar-refractivity contribution in [2.24, 2.45) is 0 Å². The summed E-state index contributed by atoms with van der Waals surface area (Å²) in [6.45, 7) is 5.36. The molecule has 1 N–H and O–H groups in total. The molecular weight excluding hydrogens is 298 g/mol. The van der Waals surface area contributed by atoms with Gasteiger partial charge in [-0.2, -0.15) is 0 Å². The smallest absolute Gasteiger partial charge is 0.0547 e. The van der Waals surface area contributed by atoms with Crippen LogP contribution in [-0.2, 0) is 0 Å². The van der Waals surface area contributed by atoms with Crippen LogP contribution in [0.2, 0.25) is 0 Å². The van der Waals surface area contributed by atoms with Crippen LogP contribution in [0.4, 0.5) is 0 Å². The minimum Gasteiger partial charge on any atom is -0.307 e. The quantitative estimate of drug-likeness (QED) is 0.742. The van der Waals surface area contributed by atoms with Crippen LogP contribution in [0.3, 0.4) is 0 Å². The zero-order valence-corrected chi connectivity index (χ0v) is 13.6. The Labute approximate surface area is 125 Å². The predicted octanol–water partition coefficient (Wildman–Crippen LogP) is 5.30. The molecule has 0 fully saturated rings. The van der Waals surface area contributed by atoms with Gasteiger partial charge in [-0.25, -0.2) is 0 Å². The molecule has 2 rings (SSSR count). The normalized spacial score (nSPS) is 17.7. The van der Waals surface area contributed by atoms with Crippen LogP contribution < -0.4 is 5.32 Å². The fourth-order valence-corrected chi connectivity index (χ4v) is 3.33. The average molecular weight is 322 g/mol. The molecule has 1 aromatic carbocycles. The van der Waals surface area contributed by atoms with Crippen LogP contribution >= 0.6 is 15.9 Å². The molecule has 0 saturated heterocycles. The summed E-state index contributed by atoms with van der Waals surface area (Å²) in [6, 6.07) is 6.95. The van der Waals surface area contributed by atoms with Crippen molar-refractivity contribution in [1.82, 2.24) is 5.32 Å². The highest BCUT2D eigenvalue weighted by atomic mass is 79.9. The van der Waals surface area contributed by atoms with E-state index in [1.165, 1.54) is 47.7 Å². The lowest BCUT2D eigenvalue weighted by Crippen LogP contribution is -2.23. The topological polar surface area (TPSA) is 12.0 Å². The van der Waals surface area contributed by atoms with E-state index in [-0.39, 0.29) is 0 Å². The maximum atomic E-state index is 3.77. The van der Waals surface area contributed by atoms with Gasteiger partial charge in [-0.05, 0) is 50.3 Å². The van der Waals surface area contributed by atoms with E-state index in [0.29, 0.717) is 6.04 Å². The number of halogens is 1. The number of likely N-dealkylation sites (N-methyl/N-ethyl adjacent to an activating group) is 1. The van der Waals surface area contributed by atoms with Gasteiger partial charge in [0.15, 0.2) is 0 Å². The second kappa shape index (κ2) is 7.25. The first-order chi connectivity index (χ1) is 9.24.